The molecule has 1 fully saturated rings. The Morgan fingerprint density at radius 3 is 2.60 bits per heavy atom. The van der Waals surface area contributed by atoms with Crippen LogP contribution in [0.2, 0.25) is 0 Å². The zero-order valence-corrected chi connectivity index (χ0v) is 12.2. The van der Waals surface area contributed by atoms with Crippen LogP contribution in [0.3, 0.4) is 0 Å². The van der Waals surface area contributed by atoms with Gasteiger partial charge in [-0.2, -0.15) is 4.37 Å². The molecular weight excluding hydrogens is 278 g/mol. The number of amides is 1. The molecule has 1 aromatic rings. The Balaban J connectivity index is 2.00. The molecule has 0 saturated heterocycles. The number of nitrogens with two attached hydrogens (primary N) is 1. The van der Waals surface area contributed by atoms with Crippen LogP contribution in [0, 0.1) is 18.8 Å². The topological polar surface area (TPSA) is 105 Å². The molecule has 20 heavy (non-hydrogen) atoms. The van der Waals surface area contributed by atoms with Crippen LogP contribution in [-0.4, -0.2) is 27.9 Å². The molecule has 0 aliphatic heterocycles. The number of carbonyl (C=O) groups is 2. The summed E-state index contributed by atoms with van der Waals surface area (Å²) in [5.41, 5.74) is 6.16. The lowest BCUT2D eigenvalue weighted by Gasteiger charge is -2.26. The minimum absolute atomic E-state index is 0.0538. The van der Waals surface area contributed by atoms with E-state index in [1.807, 2.05) is 0 Å². The van der Waals surface area contributed by atoms with Crippen LogP contribution < -0.4 is 11.1 Å². The summed E-state index contributed by atoms with van der Waals surface area (Å²) in [6.45, 7) is 2.30. The predicted octanol–water partition coefficient (Wildman–Crippen LogP) is 1.85. The number of rotatable bonds is 4. The van der Waals surface area contributed by atoms with Crippen LogP contribution in [0.5, 0.6) is 0 Å². The summed E-state index contributed by atoms with van der Waals surface area (Å²) in [6, 6.07) is 0. The average molecular weight is 297 g/mol. The Bertz CT molecular complexity index is 507. The molecule has 2 rings (SSSR count). The van der Waals surface area contributed by atoms with Crippen LogP contribution >= 0.6 is 11.5 Å². The van der Waals surface area contributed by atoms with Crippen molar-refractivity contribution in [1.29, 1.82) is 0 Å². The van der Waals surface area contributed by atoms with Gasteiger partial charge < -0.3 is 16.2 Å². The van der Waals surface area contributed by atoms with Crippen molar-refractivity contribution in [2.24, 2.45) is 17.6 Å². The molecule has 1 heterocycles. The number of nitrogens with zero attached hydrogens (tertiary/aromatic N) is 1. The SMILES string of the molecule is Cc1nsc(NC(=O)C2CCC(CN)CC2)c1C(=O)O. The Hall–Kier alpha value is -1.47. The summed E-state index contributed by atoms with van der Waals surface area (Å²) in [5, 5.41) is 12.2. The first kappa shape index (κ1) is 14.9. The highest BCUT2D eigenvalue weighted by Gasteiger charge is 2.27. The second-order valence-corrected chi connectivity index (χ2v) is 5.99. The maximum absolute atomic E-state index is 12.2. The minimum Gasteiger partial charge on any atom is -0.478 e. The van der Waals surface area contributed by atoms with Gasteiger partial charge in [0.1, 0.15) is 10.6 Å². The summed E-state index contributed by atoms with van der Waals surface area (Å²) in [5.74, 6) is -0.703. The van der Waals surface area contributed by atoms with Crippen LogP contribution in [0.25, 0.3) is 0 Å². The van der Waals surface area contributed by atoms with Gasteiger partial charge in [0.25, 0.3) is 0 Å². The maximum atomic E-state index is 12.2. The van der Waals surface area contributed by atoms with Gasteiger partial charge in [-0.05, 0) is 56.6 Å². The van der Waals surface area contributed by atoms with Gasteiger partial charge in [0.15, 0.2) is 0 Å². The highest BCUT2D eigenvalue weighted by molar-refractivity contribution is 7.11. The number of hydrogen-bond acceptors (Lipinski definition) is 5. The smallest absolute Gasteiger partial charge is 0.340 e. The van der Waals surface area contributed by atoms with E-state index in [9.17, 15) is 9.59 Å². The lowest BCUT2D eigenvalue weighted by Crippen LogP contribution is -2.29. The van der Waals surface area contributed by atoms with Crippen LogP contribution in [-0.2, 0) is 4.79 Å². The largest absolute Gasteiger partial charge is 0.478 e. The van der Waals surface area contributed by atoms with Gasteiger partial charge in [-0.3, -0.25) is 4.79 Å². The zero-order chi connectivity index (χ0) is 14.7. The fourth-order valence-corrected chi connectivity index (χ4v) is 3.37. The first-order valence-electron chi connectivity index (χ1n) is 6.73. The second kappa shape index (κ2) is 6.32. The van der Waals surface area contributed by atoms with Crippen LogP contribution in [0.1, 0.15) is 41.7 Å². The third-order valence-corrected chi connectivity index (χ3v) is 4.72. The van der Waals surface area contributed by atoms with Gasteiger partial charge in [0.05, 0.1) is 5.69 Å². The molecule has 4 N–H and O–H groups in total. The summed E-state index contributed by atoms with van der Waals surface area (Å²) in [6.07, 6.45) is 3.55. The highest BCUT2D eigenvalue weighted by atomic mass is 32.1. The van der Waals surface area contributed by atoms with Crippen molar-refractivity contribution in [1.82, 2.24) is 4.37 Å². The van der Waals surface area contributed by atoms with Crippen molar-refractivity contribution in [2.75, 3.05) is 11.9 Å². The van der Waals surface area contributed by atoms with E-state index in [2.05, 4.69) is 9.69 Å². The average Bonchev–Trinajstić information content (AvgIpc) is 2.79. The molecule has 1 aliphatic rings. The number of carboxylic acid groups (broad SMARTS) is 1. The second-order valence-electron chi connectivity index (χ2n) is 5.22. The minimum atomic E-state index is -1.06. The molecule has 0 atom stereocenters. The Morgan fingerprint density at radius 2 is 2.05 bits per heavy atom. The van der Waals surface area contributed by atoms with Crippen LogP contribution in [0.15, 0.2) is 0 Å². The van der Waals surface area contributed by atoms with E-state index in [4.69, 9.17) is 10.8 Å². The monoisotopic (exact) mass is 297 g/mol. The molecule has 1 aliphatic carbocycles. The summed E-state index contributed by atoms with van der Waals surface area (Å²) in [4.78, 5) is 23.3. The van der Waals surface area contributed by atoms with E-state index < -0.39 is 5.97 Å². The zero-order valence-electron chi connectivity index (χ0n) is 11.4. The van der Waals surface area contributed by atoms with Crippen molar-refractivity contribution in [3.05, 3.63) is 11.3 Å². The molecule has 7 heteroatoms. The van der Waals surface area contributed by atoms with Crippen LogP contribution in [0.4, 0.5) is 5.00 Å². The van der Waals surface area contributed by atoms with E-state index in [-0.39, 0.29) is 17.4 Å². The number of carboxylic acids is 1. The quantitative estimate of drug-likeness (QED) is 0.786. The molecule has 1 aromatic heterocycles. The van der Waals surface area contributed by atoms with Gasteiger partial charge in [0, 0.05) is 5.92 Å². The fourth-order valence-electron chi connectivity index (χ4n) is 2.58. The molecule has 0 bridgehead atoms. The highest BCUT2D eigenvalue weighted by Crippen LogP contribution is 2.30. The number of aromatic nitrogens is 1. The third kappa shape index (κ3) is 3.16. The molecule has 6 nitrogen and oxygen atoms in total. The molecule has 0 radical (unpaired) electrons. The Kier molecular flexibility index (Phi) is 4.72. The number of nitrogens with one attached hydrogen (secondary N) is 1. The van der Waals surface area contributed by atoms with Gasteiger partial charge >= 0.3 is 5.97 Å². The number of aromatic carboxylic acids is 1. The number of aryl methyl sites for hydroxylation is 1. The summed E-state index contributed by atoms with van der Waals surface area (Å²) in [7, 11) is 0. The first-order chi connectivity index (χ1) is 9.52. The molecule has 110 valence electrons. The molecule has 0 spiro atoms. The van der Waals surface area contributed by atoms with Gasteiger partial charge in [0.2, 0.25) is 5.91 Å². The predicted molar refractivity (Wildman–Crippen MR) is 76.9 cm³/mol. The molecule has 1 amide bonds. The van der Waals surface area contributed by atoms with E-state index >= 15 is 0 Å². The summed E-state index contributed by atoms with van der Waals surface area (Å²) >= 11 is 1.02. The number of hydrogen-bond donors (Lipinski definition) is 3. The van der Waals surface area contributed by atoms with Crippen molar-refractivity contribution in [3.63, 3.8) is 0 Å². The fraction of sp³-hybridized carbons (Fsp3) is 0.615. The van der Waals surface area contributed by atoms with Crippen molar-refractivity contribution < 1.29 is 14.7 Å². The van der Waals surface area contributed by atoms with E-state index in [1.165, 1.54) is 0 Å². The molecular formula is C13H19N3O3S. The van der Waals surface area contributed by atoms with Gasteiger partial charge in [-0.1, -0.05) is 0 Å². The normalized spacial score (nSPS) is 22.5. The van der Waals surface area contributed by atoms with E-state index in [0.717, 1.165) is 37.2 Å². The molecule has 0 unspecified atom stereocenters. The molecule has 1 saturated carbocycles. The standard InChI is InChI=1S/C13H19N3O3S/c1-7-10(13(18)19)12(20-16-7)15-11(17)9-4-2-8(6-14)3-5-9/h8-9H,2-6,14H2,1H3,(H,15,17)(H,18,19). The summed E-state index contributed by atoms with van der Waals surface area (Å²) < 4.78 is 3.99. The Labute approximate surface area is 121 Å². The van der Waals surface area contributed by atoms with Crippen molar-refractivity contribution in [3.8, 4) is 0 Å². The first-order valence-corrected chi connectivity index (χ1v) is 7.50. The Morgan fingerprint density at radius 1 is 1.40 bits per heavy atom. The lowest BCUT2D eigenvalue weighted by atomic mass is 9.81. The number of anilines is 1. The van der Waals surface area contributed by atoms with E-state index in [1.54, 1.807) is 6.92 Å². The van der Waals surface area contributed by atoms with E-state index in [0.29, 0.717) is 23.2 Å². The maximum Gasteiger partial charge on any atom is 0.340 e. The van der Waals surface area contributed by atoms with Gasteiger partial charge in [-0.25, -0.2) is 4.79 Å². The van der Waals surface area contributed by atoms with Crippen molar-refractivity contribution >= 4 is 28.4 Å². The van der Waals surface area contributed by atoms with Crippen molar-refractivity contribution in [2.45, 2.75) is 32.6 Å². The molecule has 0 aromatic carbocycles. The number of carbonyl (C=O) groups excluding carboxylic acids is 1. The lowest BCUT2D eigenvalue weighted by molar-refractivity contribution is -0.121. The van der Waals surface area contributed by atoms with Gasteiger partial charge in [-0.15, -0.1) is 0 Å². The third-order valence-electron chi connectivity index (χ3n) is 3.86.